The number of amides is 4. The second-order valence-corrected chi connectivity index (χ2v) is 7.32. The molecule has 0 heterocycles. The van der Waals surface area contributed by atoms with Gasteiger partial charge in [-0.2, -0.15) is 0 Å². The number of imide groups is 1. The van der Waals surface area contributed by atoms with E-state index in [1.807, 2.05) is 19.2 Å². The van der Waals surface area contributed by atoms with Crippen LogP contribution in [0.5, 0.6) is 0 Å². The SMILES string of the molecule is CNC(=O)c1ccc(C[NH+](C)[C@H](C)C(=O)NC(=O)NC2CCCCC2)cc1. The molecule has 0 radical (unpaired) electrons. The van der Waals surface area contributed by atoms with Crippen LogP contribution in [0.15, 0.2) is 24.3 Å². The summed E-state index contributed by atoms with van der Waals surface area (Å²) >= 11 is 0. The Kier molecular flexibility index (Phi) is 7.79. The Morgan fingerprint density at radius 2 is 1.74 bits per heavy atom. The van der Waals surface area contributed by atoms with Crippen LogP contribution in [0.25, 0.3) is 0 Å². The van der Waals surface area contributed by atoms with Crippen LogP contribution in [0.3, 0.4) is 0 Å². The van der Waals surface area contributed by atoms with Crippen LogP contribution in [-0.4, -0.2) is 44.0 Å². The minimum Gasteiger partial charge on any atom is -0.355 e. The number of hydrogen-bond donors (Lipinski definition) is 4. The van der Waals surface area contributed by atoms with Gasteiger partial charge in [0.1, 0.15) is 6.54 Å². The molecule has 27 heavy (non-hydrogen) atoms. The highest BCUT2D eigenvalue weighted by atomic mass is 16.2. The van der Waals surface area contributed by atoms with Gasteiger partial charge in [0.25, 0.3) is 11.8 Å². The molecule has 0 spiro atoms. The quantitative estimate of drug-likeness (QED) is 0.587. The normalized spacial score (nSPS) is 16.9. The van der Waals surface area contributed by atoms with E-state index in [1.54, 1.807) is 26.1 Å². The highest BCUT2D eigenvalue weighted by Crippen LogP contribution is 2.17. The van der Waals surface area contributed by atoms with Crippen LogP contribution in [0.2, 0.25) is 0 Å². The molecule has 0 aliphatic heterocycles. The van der Waals surface area contributed by atoms with Gasteiger partial charge < -0.3 is 15.5 Å². The topological polar surface area (TPSA) is 91.7 Å². The predicted octanol–water partition coefficient (Wildman–Crippen LogP) is 0.608. The summed E-state index contributed by atoms with van der Waals surface area (Å²) in [6, 6.07) is 6.70. The van der Waals surface area contributed by atoms with Gasteiger partial charge in [0.2, 0.25) is 0 Å². The van der Waals surface area contributed by atoms with Crippen molar-refractivity contribution in [2.24, 2.45) is 0 Å². The highest BCUT2D eigenvalue weighted by molar-refractivity contribution is 5.96. The van der Waals surface area contributed by atoms with E-state index in [0.29, 0.717) is 12.1 Å². The van der Waals surface area contributed by atoms with Crippen molar-refractivity contribution in [3.05, 3.63) is 35.4 Å². The molecule has 0 aromatic heterocycles. The summed E-state index contributed by atoms with van der Waals surface area (Å²) in [7, 11) is 3.51. The summed E-state index contributed by atoms with van der Waals surface area (Å²) in [5, 5.41) is 7.95. The lowest BCUT2D eigenvalue weighted by atomic mass is 9.96. The number of likely N-dealkylation sites (N-methyl/N-ethyl adjacent to an activating group) is 1. The van der Waals surface area contributed by atoms with E-state index in [1.165, 1.54) is 6.42 Å². The summed E-state index contributed by atoms with van der Waals surface area (Å²) in [5.41, 5.74) is 1.62. The standard InChI is InChI=1S/C20H30N4O3/c1-14(18(25)23-20(27)22-17-7-5-4-6-8-17)24(3)13-15-9-11-16(12-10-15)19(26)21-2/h9-12,14,17H,4-8,13H2,1-3H3,(H,21,26)(H2,22,23,25,27)/p+1/t14-/m1/s1. The second-order valence-electron chi connectivity index (χ2n) is 7.32. The first-order valence-electron chi connectivity index (χ1n) is 9.65. The molecule has 4 amide bonds. The molecule has 1 aromatic carbocycles. The first-order chi connectivity index (χ1) is 12.9. The average Bonchev–Trinajstić information content (AvgIpc) is 2.67. The van der Waals surface area contributed by atoms with Gasteiger partial charge in [-0.15, -0.1) is 0 Å². The molecule has 148 valence electrons. The molecule has 1 aliphatic carbocycles. The molecule has 1 saturated carbocycles. The fourth-order valence-electron chi connectivity index (χ4n) is 3.31. The molecule has 4 N–H and O–H groups in total. The van der Waals surface area contributed by atoms with Crippen LogP contribution in [0, 0.1) is 0 Å². The van der Waals surface area contributed by atoms with Crippen LogP contribution in [-0.2, 0) is 11.3 Å². The molecular formula is C20H31N4O3+. The van der Waals surface area contributed by atoms with Gasteiger partial charge in [0.05, 0.1) is 7.05 Å². The van der Waals surface area contributed by atoms with Crippen LogP contribution < -0.4 is 20.9 Å². The van der Waals surface area contributed by atoms with Crippen LogP contribution in [0.4, 0.5) is 4.79 Å². The Morgan fingerprint density at radius 3 is 2.33 bits per heavy atom. The molecule has 1 fully saturated rings. The lowest BCUT2D eigenvalue weighted by Crippen LogP contribution is -3.12. The van der Waals surface area contributed by atoms with Gasteiger partial charge in [0, 0.05) is 24.2 Å². The van der Waals surface area contributed by atoms with Crippen LogP contribution in [0.1, 0.15) is 54.9 Å². The number of quaternary nitrogens is 1. The molecule has 1 aromatic rings. The maximum Gasteiger partial charge on any atom is 0.321 e. The number of hydrogen-bond acceptors (Lipinski definition) is 3. The Balaban J connectivity index is 1.82. The molecule has 7 heteroatoms. The molecule has 7 nitrogen and oxygen atoms in total. The number of urea groups is 1. The first kappa shape index (κ1) is 20.9. The van der Waals surface area contributed by atoms with Crippen molar-refractivity contribution in [2.75, 3.05) is 14.1 Å². The summed E-state index contributed by atoms with van der Waals surface area (Å²) in [6.45, 7) is 2.42. The number of carbonyl (C=O) groups excluding carboxylic acids is 3. The predicted molar refractivity (Wildman–Crippen MR) is 103 cm³/mol. The number of rotatable bonds is 6. The smallest absolute Gasteiger partial charge is 0.321 e. The molecule has 0 bridgehead atoms. The number of nitrogens with one attached hydrogen (secondary N) is 4. The summed E-state index contributed by atoms with van der Waals surface area (Å²) < 4.78 is 0. The van der Waals surface area contributed by atoms with Crippen molar-refractivity contribution in [3.63, 3.8) is 0 Å². The van der Waals surface area contributed by atoms with E-state index >= 15 is 0 Å². The third kappa shape index (κ3) is 6.36. The zero-order valence-corrected chi connectivity index (χ0v) is 16.4. The van der Waals surface area contributed by atoms with Crippen molar-refractivity contribution < 1.29 is 19.3 Å². The fraction of sp³-hybridized carbons (Fsp3) is 0.550. The van der Waals surface area contributed by atoms with Crippen molar-refractivity contribution in [1.82, 2.24) is 16.0 Å². The Labute approximate surface area is 160 Å². The van der Waals surface area contributed by atoms with Gasteiger partial charge in [-0.25, -0.2) is 4.79 Å². The minimum absolute atomic E-state index is 0.126. The Morgan fingerprint density at radius 1 is 1.11 bits per heavy atom. The zero-order valence-electron chi connectivity index (χ0n) is 16.4. The molecule has 2 rings (SSSR count). The van der Waals surface area contributed by atoms with Crippen LogP contribution >= 0.6 is 0 Å². The Hall–Kier alpha value is -2.41. The third-order valence-corrected chi connectivity index (χ3v) is 5.24. The molecule has 2 atom stereocenters. The molecular weight excluding hydrogens is 344 g/mol. The lowest BCUT2D eigenvalue weighted by molar-refractivity contribution is -0.908. The highest BCUT2D eigenvalue weighted by Gasteiger charge is 2.25. The van der Waals surface area contributed by atoms with Gasteiger partial charge in [-0.1, -0.05) is 31.4 Å². The minimum atomic E-state index is -0.401. The van der Waals surface area contributed by atoms with Gasteiger partial charge >= 0.3 is 6.03 Å². The van der Waals surface area contributed by atoms with E-state index in [9.17, 15) is 14.4 Å². The van der Waals surface area contributed by atoms with Gasteiger partial charge in [-0.3, -0.25) is 14.9 Å². The number of benzene rings is 1. The maximum absolute atomic E-state index is 12.4. The zero-order chi connectivity index (χ0) is 19.8. The summed E-state index contributed by atoms with van der Waals surface area (Å²) in [4.78, 5) is 37.0. The third-order valence-electron chi connectivity index (χ3n) is 5.24. The van der Waals surface area contributed by atoms with E-state index in [2.05, 4.69) is 16.0 Å². The van der Waals surface area contributed by atoms with E-state index < -0.39 is 6.03 Å². The van der Waals surface area contributed by atoms with E-state index in [4.69, 9.17) is 0 Å². The number of carbonyl (C=O) groups is 3. The van der Waals surface area contributed by atoms with E-state index in [0.717, 1.165) is 36.1 Å². The van der Waals surface area contributed by atoms with Gasteiger partial charge in [0.15, 0.2) is 6.04 Å². The van der Waals surface area contributed by atoms with Crippen molar-refractivity contribution in [3.8, 4) is 0 Å². The monoisotopic (exact) mass is 375 g/mol. The van der Waals surface area contributed by atoms with Gasteiger partial charge in [-0.05, 0) is 31.9 Å². The van der Waals surface area contributed by atoms with Crippen molar-refractivity contribution in [1.29, 1.82) is 0 Å². The largest absolute Gasteiger partial charge is 0.355 e. The maximum atomic E-state index is 12.4. The molecule has 1 unspecified atom stereocenters. The lowest BCUT2D eigenvalue weighted by Gasteiger charge is -2.24. The Bertz CT molecular complexity index is 654. The molecule has 1 aliphatic rings. The fourth-order valence-corrected chi connectivity index (χ4v) is 3.31. The first-order valence-corrected chi connectivity index (χ1v) is 9.65. The summed E-state index contributed by atoms with van der Waals surface area (Å²) in [6.07, 6.45) is 5.43. The molecule has 0 saturated heterocycles. The summed E-state index contributed by atoms with van der Waals surface area (Å²) in [5.74, 6) is -0.415. The average molecular weight is 375 g/mol. The van der Waals surface area contributed by atoms with Crippen molar-refractivity contribution in [2.45, 2.75) is 57.7 Å². The van der Waals surface area contributed by atoms with E-state index in [-0.39, 0.29) is 23.9 Å². The van der Waals surface area contributed by atoms with Crippen molar-refractivity contribution >= 4 is 17.8 Å². The second kappa shape index (κ2) is 10.1.